The Morgan fingerprint density at radius 2 is 2.15 bits per heavy atom. The fourth-order valence-electron chi connectivity index (χ4n) is 1.70. The van der Waals surface area contributed by atoms with E-state index < -0.39 is 0 Å². The third-order valence-corrected chi connectivity index (χ3v) is 2.41. The zero-order valence-corrected chi connectivity index (χ0v) is 7.50. The summed E-state index contributed by atoms with van der Waals surface area (Å²) in [6.07, 6.45) is 1.49. The van der Waals surface area contributed by atoms with Gasteiger partial charge in [-0.25, -0.2) is 4.99 Å². The molecule has 1 fully saturated rings. The van der Waals surface area contributed by atoms with Gasteiger partial charge in [-0.3, -0.25) is 9.59 Å². The molecule has 0 radical (unpaired) electrons. The molecule has 0 aromatic carbocycles. The van der Waals surface area contributed by atoms with E-state index in [1.165, 1.54) is 6.08 Å². The van der Waals surface area contributed by atoms with Crippen LogP contribution < -0.4 is 5.32 Å². The van der Waals surface area contributed by atoms with Gasteiger partial charge in [0.25, 0.3) is 0 Å². The minimum Gasteiger partial charge on any atom is -0.313 e. The minimum atomic E-state index is -0.365. The maximum absolute atomic E-state index is 11.5. The number of amides is 1. The average Bonchev–Trinajstić information content (AvgIpc) is 2.27. The fourth-order valence-corrected chi connectivity index (χ4v) is 1.70. The number of aliphatic imine (C=N–C) groups is 1. The summed E-state index contributed by atoms with van der Waals surface area (Å²) in [5, 5.41) is 2.62. The SMILES string of the molecule is CC1=CC(=O)[C@@H]2C(=N1)NC(=O)[C@@H]2C. The summed E-state index contributed by atoms with van der Waals surface area (Å²) in [5.74, 6) is -0.261. The maximum atomic E-state index is 11.5. The van der Waals surface area contributed by atoms with Crippen LogP contribution in [0.25, 0.3) is 0 Å². The molecule has 0 saturated carbocycles. The van der Waals surface area contributed by atoms with Crippen molar-refractivity contribution in [2.24, 2.45) is 16.8 Å². The maximum Gasteiger partial charge on any atom is 0.229 e. The Labute approximate surface area is 75.7 Å². The number of rotatable bonds is 0. The van der Waals surface area contributed by atoms with E-state index in [2.05, 4.69) is 10.3 Å². The predicted molar refractivity (Wildman–Crippen MR) is 47.0 cm³/mol. The highest BCUT2D eigenvalue weighted by atomic mass is 16.2. The number of nitrogens with zero attached hydrogens (tertiary/aromatic N) is 1. The van der Waals surface area contributed by atoms with Gasteiger partial charge in [0.15, 0.2) is 5.78 Å². The number of ketones is 1. The lowest BCUT2D eigenvalue weighted by Gasteiger charge is -2.13. The highest BCUT2D eigenvalue weighted by Crippen LogP contribution is 2.25. The Morgan fingerprint density at radius 3 is 2.85 bits per heavy atom. The zero-order valence-electron chi connectivity index (χ0n) is 7.50. The molecule has 1 N–H and O–H groups in total. The lowest BCUT2D eigenvalue weighted by Crippen LogP contribution is -2.29. The van der Waals surface area contributed by atoms with E-state index >= 15 is 0 Å². The molecule has 0 aliphatic carbocycles. The van der Waals surface area contributed by atoms with Crippen LogP contribution in [0, 0.1) is 11.8 Å². The largest absolute Gasteiger partial charge is 0.313 e. The van der Waals surface area contributed by atoms with E-state index in [9.17, 15) is 9.59 Å². The molecule has 13 heavy (non-hydrogen) atoms. The summed E-state index contributed by atoms with van der Waals surface area (Å²) in [7, 11) is 0. The molecular formula is C9H10N2O2. The summed E-state index contributed by atoms with van der Waals surface area (Å²) >= 11 is 0. The van der Waals surface area contributed by atoms with E-state index in [4.69, 9.17) is 0 Å². The first-order valence-electron chi connectivity index (χ1n) is 4.21. The minimum absolute atomic E-state index is 0.0200. The van der Waals surface area contributed by atoms with Gasteiger partial charge in [0.1, 0.15) is 5.84 Å². The molecule has 1 amide bonds. The standard InChI is InChI=1S/C9H10N2O2/c1-4-3-6(12)7-5(2)9(13)11-8(7)10-4/h3,5,7H,1-2H3,(H,10,11,13)/t5-,7-/m1/s1. The van der Waals surface area contributed by atoms with Gasteiger partial charge in [0, 0.05) is 11.8 Å². The van der Waals surface area contributed by atoms with Crippen molar-refractivity contribution in [3.8, 4) is 0 Å². The van der Waals surface area contributed by atoms with Crippen molar-refractivity contribution in [3.63, 3.8) is 0 Å². The van der Waals surface area contributed by atoms with Gasteiger partial charge < -0.3 is 5.32 Å². The van der Waals surface area contributed by atoms with E-state index in [-0.39, 0.29) is 23.5 Å². The Hall–Kier alpha value is -1.45. The van der Waals surface area contributed by atoms with Gasteiger partial charge in [0.2, 0.25) is 5.91 Å². The Morgan fingerprint density at radius 1 is 1.46 bits per heavy atom. The summed E-state index contributed by atoms with van der Waals surface area (Å²) in [6, 6.07) is 0. The summed E-state index contributed by atoms with van der Waals surface area (Å²) in [6.45, 7) is 3.49. The van der Waals surface area contributed by atoms with Crippen LogP contribution in [0.1, 0.15) is 13.8 Å². The van der Waals surface area contributed by atoms with E-state index in [1.807, 2.05) is 0 Å². The summed E-state index contributed by atoms with van der Waals surface area (Å²) in [4.78, 5) is 26.8. The number of allylic oxidation sites excluding steroid dienone is 2. The van der Waals surface area contributed by atoms with Crippen LogP contribution in [0.5, 0.6) is 0 Å². The van der Waals surface area contributed by atoms with Gasteiger partial charge >= 0.3 is 0 Å². The van der Waals surface area contributed by atoms with Crippen molar-refractivity contribution >= 4 is 17.5 Å². The van der Waals surface area contributed by atoms with Crippen molar-refractivity contribution in [1.82, 2.24) is 5.32 Å². The molecule has 0 aromatic rings. The van der Waals surface area contributed by atoms with Gasteiger partial charge in [-0.15, -0.1) is 0 Å². The molecule has 0 spiro atoms. The van der Waals surface area contributed by atoms with Gasteiger partial charge in [0.05, 0.1) is 11.8 Å². The predicted octanol–water partition coefficient (Wildman–Crippen LogP) is 0.254. The van der Waals surface area contributed by atoms with Crippen molar-refractivity contribution in [2.75, 3.05) is 0 Å². The highest BCUT2D eigenvalue weighted by Gasteiger charge is 2.42. The number of carbonyl (C=O) groups excluding carboxylic acids is 2. The molecule has 2 heterocycles. The van der Waals surface area contributed by atoms with Crippen molar-refractivity contribution in [2.45, 2.75) is 13.8 Å². The number of hydrogen-bond donors (Lipinski definition) is 1. The van der Waals surface area contributed by atoms with Crippen LogP contribution >= 0.6 is 0 Å². The first-order chi connectivity index (χ1) is 6.09. The van der Waals surface area contributed by atoms with E-state index in [0.717, 1.165) is 0 Å². The molecular weight excluding hydrogens is 168 g/mol. The van der Waals surface area contributed by atoms with Gasteiger partial charge in [-0.2, -0.15) is 0 Å². The zero-order chi connectivity index (χ0) is 9.59. The van der Waals surface area contributed by atoms with Crippen molar-refractivity contribution in [3.05, 3.63) is 11.8 Å². The number of amidine groups is 1. The highest BCUT2D eigenvalue weighted by molar-refractivity contribution is 6.21. The number of hydrogen-bond acceptors (Lipinski definition) is 3. The molecule has 4 heteroatoms. The smallest absolute Gasteiger partial charge is 0.229 e. The first-order valence-corrected chi connectivity index (χ1v) is 4.21. The third kappa shape index (κ3) is 1.09. The lowest BCUT2D eigenvalue weighted by molar-refractivity contribution is -0.125. The van der Waals surface area contributed by atoms with Crippen LogP contribution in [0.4, 0.5) is 0 Å². The lowest BCUT2D eigenvalue weighted by atomic mass is 9.90. The third-order valence-electron chi connectivity index (χ3n) is 2.41. The van der Waals surface area contributed by atoms with E-state index in [1.54, 1.807) is 13.8 Å². The van der Waals surface area contributed by atoms with Crippen LogP contribution in [0.2, 0.25) is 0 Å². The molecule has 2 aliphatic rings. The number of fused-ring (bicyclic) bond motifs is 1. The second-order valence-corrected chi connectivity index (χ2v) is 3.44. The van der Waals surface area contributed by atoms with Crippen LogP contribution in [0.15, 0.2) is 16.8 Å². The van der Waals surface area contributed by atoms with Crippen LogP contribution in [-0.4, -0.2) is 17.5 Å². The average molecular weight is 178 g/mol. The van der Waals surface area contributed by atoms with Gasteiger partial charge in [-0.05, 0) is 6.92 Å². The fraction of sp³-hybridized carbons (Fsp3) is 0.444. The Kier molecular flexibility index (Phi) is 1.58. The topological polar surface area (TPSA) is 58.5 Å². The molecule has 0 unspecified atom stereocenters. The normalized spacial score (nSPS) is 32.2. The monoisotopic (exact) mass is 178 g/mol. The second-order valence-electron chi connectivity index (χ2n) is 3.44. The molecule has 0 aromatic heterocycles. The Balaban J connectivity index is 2.42. The number of nitrogens with one attached hydrogen (secondary N) is 1. The molecule has 4 nitrogen and oxygen atoms in total. The Bertz CT molecular complexity index is 355. The summed E-state index contributed by atoms with van der Waals surface area (Å²) in [5.41, 5.74) is 0.658. The second kappa shape index (κ2) is 2.52. The van der Waals surface area contributed by atoms with Crippen LogP contribution in [0.3, 0.4) is 0 Å². The molecule has 2 aliphatic heterocycles. The quantitative estimate of drug-likeness (QED) is 0.578. The molecule has 2 rings (SSSR count). The molecule has 68 valence electrons. The first kappa shape index (κ1) is 8.16. The number of carbonyl (C=O) groups is 2. The van der Waals surface area contributed by atoms with Gasteiger partial charge in [-0.1, -0.05) is 6.92 Å². The van der Waals surface area contributed by atoms with Crippen molar-refractivity contribution < 1.29 is 9.59 Å². The molecule has 0 bridgehead atoms. The summed E-state index contributed by atoms with van der Waals surface area (Å²) < 4.78 is 0. The molecule has 2 atom stereocenters. The van der Waals surface area contributed by atoms with Crippen molar-refractivity contribution in [1.29, 1.82) is 0 Å². The molecule has 1 saturated heterocycles. The van der Waals surface area contributed by atoms with E-state index in [0.29, 0.717) is 11.5 Å². The van der Waals surface area contributed by atoms with Crippen LogP contribution in [-0.2, 0) is 9.59 Å².